The van der Waals surface area contributed by atoms with Gasteiger partial charge < -0.3 is 19.8 Å². The Balaban J connectivity index is 1.76. The first kappa shape index (κ1) is 9.49. The van der Waals surface area contributed by atoms with Crippen LogP contribution in [-0.4, -0.2) is 46.9 Å². The van der Waals surface area contributed by atoms with Gasteiger partial charge in [-0.25, -0.2) is 0 Å². The number of likely N-dealkylation sites (tertiary alicyclic amines) is 1. The van der Waals surface area contributed by atoms with Gasteiger partial charge in [0, 0.05) is 27.1 Å². The zero-order valence-corrected chi connectivity index (χ0v) is 11.5. The Bertz CT molecular complexity index is 762. The van der Waals surface area contributed by atoms with Crippen LogP contribution in [0.3, 0.4) is 0 Å². The Morgan fingerprint density at radius 2 is 2.33 bits per heavy atom. The van der Waals surface area contributed by atoms with E-state index in [1.54, 1.807) is 17.0 Å². The molecule has 5 rings (SSSR count). The highest BCUT2D eigenvalue weighted by Gasteiger charge is 2.64. The summed E-state index contributed by atoms with van der Waals surface area (Å²) in [5, 5.41) is 20.7. The molecular weight excluding hydrogens is 266 g/mol. The van der Waals surface area contributed by atoms with Crippen LogP contribution < -0.4 is 4.74 Å². The Kier molecular flexibility index (Phi) is 1.64. The second-order valence-corrected chi connectivity index (χ2v) is 6.64. The van der Waals surface area contributed by atoms with Gasteiger partial charge in [-0.1, -0.05) is 18.2 Å². The summed E-state index contributed by atoms with van der Waals surface area (Å²) < 4.78 is 29.7. The summed E-state index contributed by atoms with van der Waals surface area (Å²) >= 11 is 0. The van der Waals surface area contributed by atoms with E-state index < -0.39 is 24.6 Å². The minimum Gasteiger partial charge on any atom is -0.504 e. The van der Waals surface area contributed by atoms with Gasteiger partial charge in [-0.05, 0) is 38.0 Å². The molecule has 5 atom stereocenters. The Labute approximate surface area is 127 Å². The van der Waals surface area contributed by atoms with Crippen LogP contribution >= 0.6 is 0 Å². The zero-order valence-electron chi connectivity index (χ0n) is 14.5. The SMILES string of the molecule is [2H]C([2H])([2H])N1CC[C@]23c4c5ccc(O)c4O[C@H]2[C@@H](O)C=C[C@H]3[C@H]1C5. The Morgan fingerprint density at radius 3 is 3.19 bits per heavy atom. The number of likely N-dealkylation sites (N-methyl/N-ethyl adjacent to an activating group) is 1. The molecule has 21 heavy (non-hydrogen) atoms. The van der Waals surface area contributed by atoms with Gasteiger partial charge in [-0.15, -0.1) is 0 Å². The molecular formula is C17H19NO3. The van der Waals surface area contributed by atoms with Crippen molar-refractivity contribution in [2.24, 2.45) is 5.92 Å². The molecule has 0 unspecified atom stereocenters. The maximum Gasteiger partial charge on any atom is 0.165 e. The van der Waals surface area contributed by atoms with Crippen molar-refractivity contribution in [3.63, 3.8) is 0 Å². The van der Waals surface area contributed by atoms with E-state index in [4.69, 9.17) is 8.85 Å². The summed E-state index contributed by atoms with van der Waals surface area (Å²) in [4.78, 5) is 1.62. The number of aliphatic hydroxyl groups excluding tert-OH is 1. The predicted molar refractivity (Wildman–Crippen MR) is 77.6 cm³/mol. The van der Waals surface area contributed by atoms with Gasteiger partial charge in [0.2, 0.25) is 0 Å². The number of nitrogens with zero attached hydrogens (tertiary/aromatic N) is 1. The summed E-state index contributed by atoms with van der Waals surface area (Å²) in [6.07, 6.45) is 3.69. The number of ether oxygens (including phenoxy) is 1. The van der Waals surface area contributed by atoms with Gasteiger partial charge in [0.1, 0.15) is 12.2 Å². The maximum atomic E-state index is 10.5. The van der Waals surface area contributed by atoms with E-state index in [9.17, 15) is 10.2 Å². The second-order valence-electron chi connectivity index (χ2n) is 6.64. The molecule has 0 aromatic heterocycles. The van der Waals surface area contributed by atoms with Crippen molar-refractivity contribution >= 4 is 0 Å². The zero-order chi connectivity index (χ0) is 16.9. The van der Waals surface area contributed by atoms with Gasteiger partial charge in [0.25, 0.3) is 0 Å². The second kappa shape index (κ2) is 3.62. The van der Waals surface area contributed by atoms with E-state index in [0.717, 1.165) is 11.1 Å². The first-order valence-corrected chi connectivity index (χ1v) is 7.49. The molecule has 2 heterocycles. The third-order valence-electron chi connectivity index (χ3n) is 5.87. The molecule has 2 aliphatic carbocycles. The third-order valence-corrected chi connectivity index (χ3v) is 5.87. The lowest BCUT2D eigenvalue weighted by Gasteiger charge is -2.56. The number of aliphatic hydroxyl groups is 1. The lowest BCUT2D eigenvalue weighted by Crippen LogP contribution is -2.64. The fraction of sp³-hybridized carbons (Fsp3) is 0.529. The van der Waals surface area contributed by atoms with Crippen molar-refractivity contribution in [2.45, 2.75) is 36.5 Å². The monoisotopic (exact) mass is 288 g/mol. The third kappa shape index (κ3) is 1.21. The molecule has 1 spiro atoms. The van der Waals surface area contributed by atoms with E-state index in [-0.39, 0.29) is 17.7 Å². The lowest BCUT2D eigenvalue weighted by molar-refractivity contribution is -0.0453. The minimum atomic E-state index is -2.14. The van der Waals surface area contributed by atoms with E-state index in [1.165, 1.54) is 0 Å². The largest absolute Gasteiger partial charge is 0.504 e. The van der Waals surface area contributed by atoms with Crippen LogP contribution in [0.25, 0.3) is 0 Å². The summed E-state index contributed by atoms with van der Waals surface area (Å²) in [5.74, 6) is 0.543. The summed E-state index contributed by atoms with van der Waals surface area (Å²) in [5.41, 5.74) is 1.58. The molecule has 4 heteroatoms. The standard InChI is InChI=1S/C17H19NO3/c1-18-7-6-17-10-3-5-13(20)16(17)21-15-12(19)4-2-9(14(15)17)8-11(10)18/h2-5,10-11,13,16,19-20H,6-8H2,1H3/t10-,11+,13-,16-,17-/m0/s1/i1D3. The average molecular weight is 288 g/mol. The topological polar surface area (TPSA) is 52.9 Å². The molecule has 2 bridgehead atoms. The van der Waals surface area contributed by atoms with Crippen molar-refractivity contribution in [1.82, 2.24) is 4.90 Å². The van der Waals surface area contributed by atoms with Crippen LogP contribution in [0.15, 0.2) is 24.3 Å². The highest BCUT2D eigenvalue weighted by atomic mass is 16.5. The number of hydrogen-bond acceptors (Lipinski definition) is 4. The number of phenols is 1. The molecule has 2 N–H and O–H groups in total. The van der Waals surface area contributed by atoms with Crippen LogP contribution in [-0.2, 0) is 11.8 Å². The van der Waals surface area contributed by atoms with Crippen molar-refractivity contribution in [3.05, 3.63) is 35.4 Å². The number of rotatable bonds is 0. The molecule has 0 amide bonds. The van der Waals surface area contributed by atoms with Crippen molar-refractivity contribution < 1.29 is 19.1 Å². The molecule has 0 radical (unpaired) electrons. The fourth-order valence-corrected chi connectivity index (χ4v) is 5.06. The molecule has 4 nitrogen and oxygen atoms in total. The van der Waals surface area contributed by atoms with E-state index >= 15 is 0 Å². The van der Waals surface area contributed by atoms with E-state index in [0.29, 0.717) is 25.1 Å². The number of aromatic hydroxyl groups is 1. The quantitative estimate of drug-likeness (QED) is 0.704. The van der Waals surface area contributed by atoms with Gasteiger partial charge >= 0.3 is 0 Å². The molecule has 110 valence electrons. The number of benzene rings is 1. The van der Waals surface area contributed by atoms with Gasteiger partial charge in [-0.2, -0.15) is 0 Å². The van der Waals surface area contributed by atoms with Gasteiger partial charge in [0.05, 0.1) is 0 Å². The number of piperidine rings is 1. The molecule has 2 aliphatic heterocycles. The lowest BCUT2D eigenvalue weighted by atomic mass is 9.53. The fourth-order valence-electron chi connectivity index (χ4n) is 5.06. The molecule has 1 saturated heterocycles. The molecule has 1 aromatic rings. The Morgan fingerprint density at radius 1 is 1.43 bits per heavy atom. The summed E-state index contributed by atoms with van der Waals surface area (Å²) in [6.45, 7) is -1.70. The molecule has 1 fully saturated rings. The van der Waals surface area contributed by atoms with Crippen molar-refractivity contribution in [3.8, 4) is 11.5 Å². The molecule has 0 saturated carbocycles. The summed E-state index contributed by atoms with van der Waals surface area (Å²) in [6, 6.07) is 3.33. The van der Waals surface area contributed by atoms with Crippen LogP contribution in [0.4, 0.5) is 0 Å². The van der Waals surface area contributed by atoms with Gasteiger partial charge in [-0.3, -0.25) is 0 Å². The van der Waals surface area contributed by atoms with E-state index in [1.807, 2.05) is 12.1 Å². The van der Waals surface area contributed by atoms with Crippen LogP contribution in [0.1, 0.15) is 21.7 Å². The first-order valence-electron chi connectivity index (χ1n) is 8.99. The van der Waals surface area contributed by atoms with Crippen molar-refractivity contribution in [2.75, 3.05) is 13.5 Å². The van der Waals surface area contributed by atoms with Gasteiger partial charge in [0.15, 0.2) is 11.5 Å². The normalized spacial score (nSPS) is 45.3. The Hall–Kier alpha value is -1.52. The average Bonchev–Trinajstić information content (AvgIpc) is 2.85. The molecule has 4 aliphatic rings. The molecule has 1 aromatic carbocycles. The summed E-state index contributed by atoms with van der Waals surface area (Å²) in [7, 11) is 0. The highest BCUT2D eigenvalue weighted by molar-refractivity contribution is 5.61. The highest BCUT2D eigenvalue weighted by Crippen LogP contribution is 2.62. The number of hydrogen-bond donors (Lipinski definition) is 2. The first-order chi connectivity index (χ1) is 11.3. The number of phenolic OH excluding ortho intramolecular Hbond substituents is 1. The maximum absolute atomic E-state index is 10.5. The predicted octanol–water partition coefficient (Wildman–Crippen LogP) is 1.20. The van der Waals surface area contributed by atoms with Crippen molar-refractivity contribution in [1.29, 1.82) is 0 Å². The van der Waals surface area contributed by atoms with Crippen LogP contribution in [0.5, 0.6) is 11.5 Å². The van der Waals surface area contributed by atoms with Crippen LogP contribution in [0.2, 0.25) is 0 Å². The minimum absolute atomic E-state index is 0.0318. The smallest absolute Gasteiger partial charge is 0.165 e. The van der Waals surface area contributed by atoms with Crippen LogP contribution in [0, 0.1) is 5.92 Å². The van der Waals surface area contributed by atoms with E-state index in [2.05, 4.69) is 0 Å².